The molecule has 2 aromatic heterocycles. The van der Waals surface area contributed by atoms with E-state index in [0.29, 0.717) is 11.0 Å². The normalized spacial score (nSPS) is 10.8. The van der Waals surface area contributed by atoms with Crippen molar-refractivity contribution in [3.63, 3.8) is 0 Å². The Balaban J connectivity index is 2.45. The molecule has 0 aliphatic carbocycles. The maximum atomic E-state index is 11.8. The zero-order valence-corrected chi connectivity index (χ0v) is 8.62. The van der Waals surface area contributed by atoms with Gasteiger partial charge < -0.3 is 5.73 Å². The Morgan fingerprint density at radius 3 is 3.00 bits per heavy atom. The van der Waals surface area contributed by atoms with Gasteiger partial charge in [-0.05, 0) is 0 Å². The molecule has 2 N–H and O–H groups in total. The maximum Gasteiger partial charge on any atom is 0.280 e. The summed E-state index contributed by atoms with van der Waals surface area (Å²) in [4.78, 5) is 22.4. The minimum Gasteiger partial charge on any atom is -0.370 e. The molecule has 0 fully saturated rings. The summed E-state index contributed by atoms with van der Waals surface area (Å²) in [7, 11) is 1.67. The molecule has 0 saturated heterocycles. The van der Waals surface area contributed by atoms with Gasteiger partial charge in [0.15, 0.2) is 5.65 Å². The summed E-state index contributed by atoms with van der Waals surface area (Å²) in [6, 6.07) is 0. The second-order valence-electron chi connectivity index (χ2n) is 3.34. The molecule has 0 spiro atoms. The van der Waals surface area contributed by atoms with Crippen LogP contribution < -0.4 is 11.3 Å². The third-order valence-corrected chi connectivity index (χ3v) is 2.19. The third-order valence-electron chi connectivity index (χ3n) is 2.19. The molecule has 2 aromatic rings. The van der Waals surface area contributed by atoms with Gasteiger partial charge in [0.05, 0.1) is 12.7 Å². The van der Waals surface area contributed by atoms with E-state index in [9.17, 15) is 9.59 Å². The second-order valence-corrected chi connectivity index (χ2v) is 3.34. The molecule has 0 radical (unpaired) electrons. The van der Waals surface area contributed by atoms with Crippen molar-refractivity contribution in [2.24, 2.45) is 12.8 Å². The van der Waals surface area contributed by atoms with E-state index in [1.165, 1.54) is 10.9 Å². The van der Waals surface area contributed by atoms with E-state index in [-0.39, 0.29) is 18.5 Å². The highest BCUT2D eigenvalue weighted by atomic mass is 16.1. The molecule has 0 aliphatic heterocycles. The van der Waals surface area contributed by atoms with Crippen LogP contribution in [-0.4, -0.2) is 30.7 Å². The van der Waals surface area contributed by atoms with Crippen molar-refractivity contribution in [3.8, 4) is 0 Å². The molecule has 0 aromatic carbocycles. The minimum absolute atomic E-state index is 0.0559. The first kappa shape index (κ1) is 10.3. The van der Waals surface area contributed by atoms with E-state index in [2.05, 4.69) is 15.4 Å². The molecular weight excluding hydrogens is 212 g/mol. The SMILES string of the molecule is Cn1ncc2c(=O)n(CCC(N)=O)nnc21. The van der Waals surface area contributed by atoms with Gasteiger partial charge in [-0.2, -0.15) is 5.10 Å². The summed E-state index contributed by atoms with van der Waals surface area (Å²) in [5, 5.41) is 11.8. The van der Waals surface area contributed by atoms with E-state index >= 15 is 0 Å². The highest BCUT2D eigenvalue weighted by molar-refractivity contribution is 5.74. The molecule has 0 aliphatic rings. The van der Waals surface area contributed by atoms with Gasteiger partial charge in [-0.1, -0.05) is 5.21 Å². The number of hydrogen-bond donors (Lipinski definition) is 1. The lowest BCUT2D eigenvalue weighted by molar-refractivity contribution is -0.118. The zero-order valence-electron chi connectivity index (χ0n) is 8.62. The summed E-state index contributed by atoms with van der Waals surface area (Å²) in [5.74, 6) is -0.486. The number of aryl methyl sites for hydroxylation is 2. The number of amides is 1. The van der Waals surface area contributed by atoms with Gasteiger partial charge >= 0.3 is 0 Å². The predicted molar refractivity (Wildman–Crippen MR) is 54.4 cm³/mol. The number of carbonyl (C=O) groups is 1. The highest BCUT2D eigenvalue weighted by Gasteiger charge is 2.09. The number of hydrogen-bond acceptors (Lipinski definition) is 5. The summed E-state index contributed by atoms with van der Waals surface area (Å²) in [6.45, 7) is 0.131. The Morgan fingerprint density at radius 1 is 1.56 bits per heavy atom. The van der Waals surface area contributed by atoms with Crippen LogP contribution in [0.4, 0.5) is 0 Å². The van der Waals surface area contributed by atoms with E-state index in [4.69, 9.17) is 5.73 Å². The fraction of sp³-hybridized carbons (Fsp3) is 0.375. The van der Waals surface area contributed by atoms with Crippen molar-refractivity contribution < 1.29 is 4.79 Å². The third kappa shape index (κ3) is 1.64. The molecule has 2 rings (SSSR count). The largest absolute Gasteiger partial charge is 0.370 e. The second kappa shape index (κ2) is 3.72. The van der Waals surface area contributed by atoms with E-state index in [1.807, 2.05) is 0 Å². The van der Waals surface area contributed by atoms with Crippen molar-refractivity contribution in [2.45, 2.75) is 13.0 Å². The number of nitrogens with zero attached hydrogens (tertiary/aromatic N) is 5. The van der Waals surface area contributed by atoms with Gasteiger partial charge in [0.1, 0.15) is 5.39 Å². The molecule has 0 bridgehead atoms. The lowest BCUT2D eigenvalue weighted by atomic mass is 10.4. The number of fused-ring (bicyclic) bond motifs is 1. The number of carbonyl (C=O) groups excluding carboxylic acids is 1. The van der Waals surface area contributed by atoms with Crippen LogP contribution in [0.25, 0.3) is 11.0 Å². The van der Waals surface area contributed by atoms with Crippen molar-refractivity contribution >= 4 is 16.9 Å². The molecule has 16 heavy (non-hydrogen) atoms. The van der Waals surface area contributed by atoms with Crippen LogP contribution in [0, 0.1) is 0 Å². The summed E-state index contributed by atoms with van der Waals surface area (Å²) < 4.78 is 2.57. The van der Waals surface area contributed by atoms with E-state index in [0.717, 1.165) is 4.68 Å². The minimum atomic E-state index is -0.486. The lowest BCUT2D eigenvalue weighted by Gasteiger charge is -2.00. The van der Waals surface area contributed by atoms with Crippen molar-refractivity contribution in [3.05, 3.63) is 16.6 Å². The first-order valence-corrected chi connectivity index (χ1v) is 4.63. The molecule has 8 nitrogen and oxygen atoms in total. The fourth-order valence-electron chi connectivity index (χ4n) is 1.34. The van der Waals surface area contributed by atoms with Crippen molar-refractivity contribution in [1.29, 1.82) is 0 Å². The summed E-state index contributed by atoms with van der Waals surface area (Å²) in [5.41, 5.74) is 5.09. The van der Waals surface area contributed by atoms with Gasteiger partial charge in [0.25, 0.3) is 5.56 Å². The van der Waals surface area contributed by atoms with Gasteiger partial charge in [-0.3, -0.25) is 9.59 Å². The quantitative estimate of drug-likeness (QED) is 0.672. The predicted octanol–water partition coefficient (Wildman–Crippen LogP) is -1.60. The van der Waals surface area contributed by atoms with Crippen LogP contribution in [0.3, 0.4) is 0 Å². The molecular formula is C8H10N6O2. The number of nitrogens with two attached hydrogens (primary N) is 1. The topological polar surface area (TPSA) is 109 Å². The van der Waals surface area contributed by atoms with Crippen LogP contribution in [0.2, 0.25) is 0 Å². The monoisotopic (exact) mass is 222 g/mol. The Labute approximate surface area is 89.6 Å². The van der Waals surface area contributed by atoms with Crippen LogP contribution >= 0.6 is 0 Å². The molecule has 2 heterocycles. The fourth-order valence-corrected chi connectivity index (χ4v) is 1.34. The van der Waals surface area contributed by atoms with E-state index in [1.54, 1.807) is 7.05 Å². The van der Waals surface area contributed by atoms with Crippen LogP contribution in [0.15, 0.2) is 11.0 Å². The average molecular weight is 222 g/mol. The standard InChI is InChI=1S/C8H10N6O2/c1-13-7-5(4-10-13)8(16)14(12-11-7)3-2-6(9)15/h4H,2-3H2,1H3,(H2,9,15). The van der Waals surface area contributed by atoms with Gasteiger partial charge in [0, 0.05) is 13.5 Å². The zero-order chi connectivity index (χ0) is 11.7. The molecule has 8 heteroatoms. The summed E-state index contributed by atoms with van der Waals surface area (Å²) >= 11 is 0. The number of aromatic nitrogens is 5. The Bertz CT molecular complexity index is 598. The molecule has 1 amide bonds. The molecule has 0 atom stereocenters. The first-order valence-electron chi connectivity index (χ1n) is 4.63. The van der Waals surface area contributed by atoms with E-state index < -0.39 is 5.91 Å². The van der Waals surface area contributed by atoms with Gasteiger partial charge in [-0.25, -0.2) is 9.36 Å². The molecule has 0 unspecified atom stereocenters. The smallest absolute Gasteiger partial charge is 0.280 e. The maximum absolute atomic E-state index is 11.8. The average Bonchev–Trinajstić information content (AvgIpc) is 2.60. The van der Waals surface area contributed by atoms with Gasteiger partial charge in [-0.15, -0.1) is 5.10 Å². The summed E-state index contributed by atoms with van der Waals surface area (Å²) in [6.07, 6.45) is 1.48. The lowest BCUT2D eigenvalue weighted by Crippen LogP contribution is -2.26. The number of rotatable bonds is 3. The number of primary amides is 1. The van der Waals surface area contributed by atoms with Gasteiger partial charge in [0.2, 0.25) is 5.91 Å². The molecule has 0 saturated carbocycles. The highest BCUT2D eigenvalue weighted by Crippen LogP contribution is 2.01. The van der Waals surface area contributed by atoms with Crippen molar-refractivity contribution in [1.82, 2.24) is 24.8 Å². The Kier molecular flexibility index (Phi) is 2.39. The Morgan fingerprint density at radius 2 is 2.31 bits per heavy atom. The first-order chi connectivity index (χ1) is 7.59. The van der Waals surface area contributed by atoms with Crippen LogP contribution in [0.5, 0.6) is 0 Å². The van der Waals surface area contributed by atoms with Crippen molar-refractivity contribution in [2.75, 3.05) is 0 Å². The Hall–Kier alpha value is -2.25. The van der Waals surface area contributed by atoms with Crippen LogP contribution in [-0.2, 0) is 18.4 Å². The molecule has 84 valence electrons. The van der Waals surface area contributed by atoms with Crippen LogP contribution in [0.1, 0.15) is 6.42 Å².